The van der Waals surface area contributed by atoms with E-state index in [-0.39, 0.29) is 0 Å². The van der Waals surface area contributed by atoms with Gasteiger partial charge in [-0.3, -0.25) is 4.90 Å². The molecule has 78 valence electrons. The van der Waals surface area contributed by atoms with Crippen molar-refractivity contribution in [2.24, 2.45) is 5.92 Å². The molecule has 0 aliphatic carbocycles. The molecule has 2 nitrogen and oxygen atoms in total. The fourth-order valence-corrected chi connectivity index (χ4v) is 2.99. The monoisotopic (exact) mass is 231 g/mol. The predicted molar refractivity (Wildman–Crippen MR) is 59.8 cm³/mol. The van der Waals surface area contributed by atoms with Gasteiger partial charge in [-0.05, 0) is 31.0 Å². The summed E-state index contributed by atoms with van der Waals surface area (Å²) in [5, 5.41) is 9.01. The summed E-state index contributed by atoms with van der Waals surface area (Å²) in [4.78, 5) is 3.69. The number of rotatable bonds is 3. The second kappa shape index (κ2) is 4.62. The third-order valence-corrected chi connectivity index (χ3v) is 3.85. The molecule has 2 heterocycles. The zero-order chi connectivity index (χ0) is 9.97. The predicted octanol–water partition coefficient (Wildman–Crippen LogP) is 2.22. The molecule has 1 unspecified atom stereocenters. The Morgan fingerprint density at radius 3 is 3.00 bits per heavy atom. The number of aliphatic hydroxyl groups is 1. The van der Waals surface area contributed by atoms with E-state index in [4.69, 9.17) is 16.7 Å². The summed E-state index contributed by atoms with van der Waals surface area (Å²) in [7, 11) is 0. The van der Waals surface area contributed by atoms with Crippen molar-refractivity contribution in [1.29, 1.82) is 0 Å². The lowest BCUT2D eigenvalue weighted by Crippen LogP contribution is -2.20. The summed E-state index contributed by atoms with van der Waals surface area (Å²) in [6.07, 6.45) is 1.12. The first-order valence-corrected chi connectivity index (χ1v) is 6.05. The average Bonchev–Trinajstić information content (AvgIpc) is 2.76. The minimum Gasteiger partial charge on any atom is -0.396 e. The van der Waals surface area contributed by atoms with E-state index in [0.717, 1.165) is 30.4 Å². The highest BCUT2D eigenvalue weighted by molar-refractivity contribution is 7.16. The van der Waals surface area contributed by atoms with E-state index in [2.05, 4.69) is 11.0 Å². The normalized spacial score (nSPS) is 23.1. The molecule has 1 aliphatic heterocycles. The van der Waals surface area contributed by atoms with Crippen molar-refractivity contribution in [3.63, 3.8) is 0 Å². The Labute approximate surface area is 93.1 Å². The van der Waals surface area contributed by atoms with Crippen LogP contribution in [0.25, 0.3) is 0 Å². The molecule has 14 heavy (non-hydrogen) atoms. The Kier molecular flexibility index (Phi) is 3.44. The number of hydrogen-bond donors (Lipinski definition) is 1. The molecule has 1 saturated heterocycles. The highest BCUT2D eigenvalue weighted by atomic mass is 35.5. The van der Waals surface area contributed by atoms with Gasteiger partial charge in [-0.1, -0.05) is 11.6 Å². The number of halogens is 1. The molecule has 1 aliphatic rings. The molecule has 2 rings (SSSR count). The van der Waals surface area contributed by atoms with Gasteiger partial charge in [0.25, 0.3) is 0 Å². The Morgan fingerprint density at radius 1 is 1.57 bits per heavy atom. The molecule has 0 bridgehead atoms. The molecule has 0 radical (unpaired) electrons. The van der Waals surface area contributed by atoms with Gasteiger partial charge in [0.05, 0.1) is 4.34 Å². The van der Waals surface area contributed by atoms with E-state index in [9.17, 15) is 0 Å². The van der Waals surface area contributed by atoms with Crippen LogP contribution in [0.5, 0.6) is 0 Å². The summed E-state index contributed by atoms with van der Waals surface area (Å²) >= 11 is 7.51. The van der Waals surface area contributed by atoms with E-state index in [1.807, 2.05) is 6.07 Å². The van der Waals surface area contributed by atoms with Crippen LogP contribution in [0.4, 0.5) is 0 Å². The fraction of sp³-hybridized carbons (Fsp3) is 0.600. The van der Waals surface area contributed by atoms with Crippen LogP contribution in [0.15, 0.2) is 12.1 Å². The van der Waals surface area contributed by atoms with Gasteiger partial charge in [0.2, 0.25) is 0 Å². The van der Waals surface area contributed by atoms with Gasteiger partial charge in [-0.2, -0.15) is 0 Å². The lowest BCUT2D eigenvalue weighted by atomic mass is 10.1. The molecule has 0 aromatic carbocycles. The maximum atomic E-state index is 9.01. The van der Waals surface area contributed by atoms with Gasteiger partial charge in [0, 0.05) is 24.6 Å². The summed E-state index contributed by atoms with van der Waals surface area (Å²) in [5.41, 5.74) is 0. The highest BCUT2D eigenvalue weighted by Gasteiger charge is 2.21. The Balaban J connectivity index is 1.87. The summed E-state index contributed by atoms with van der Waals surface area (Å²) in [5.74, 6) is 0.477. The van der Waals surface area contributed by atoms with Crippen LogP contribution in [0.3, 0.4) is 0 Å². The van der Waals surface area contributed by atoms with Crippen LogP contribution in [-0.4, -0.2) is 29.7 Å². The number of aliphatic hydroxyl groups excluding tert-OH is 1. The Bertz CT molecular complexity index is 302. The molecule has 1 aromatic rings. The van der Waals surface area contributed by atoms with Crippen molar-refractivity contribution < 1.29 is 5.11 Å². The van der Waals surface area contributed by atoms with Gasteiger partial charge in [-0.25, -0.2) is 0 Å². The van der Waals surface area contributed by atoms with Crippen molar-refractivity contribution in [3.05, 3.63) is 21.3 Å². The van der Waals surface area contributed by atoms with Crippen molar-refractivity contribution in [1.82, 2.24) is 4.90 Å². The van der Waals surface area contributed by atoms with Crippen LogP contribution in [0.1, 0.15) is 11.3 Å². The average molecular weight is 232 g/mol. The van der Waals surface area contributed by atoms with Crippen LogP contribution < -0.4 is 0 Å². The molecule has 1 aromatic heterocycles. The third kappa shape index (κ3) is 2.48. The molecule has 1 atom stereocenters. The highest BCUT2D eigenvalue weighted by Crippen LogP contribution is 2.25. The van der Waals surface area contributed by atoms with Crippen LogP contribution in [0, 0.1) is 5.92 Å². The molecule has 0 amide bonds. The summed E-state index contributed by atoms with van der Waals surface area (Å²) < 4.78 is 0.859. The standard InChI is InChI=1S/C10H14ClNOS/c11-10-2-1-9(14-10)6-12-4-3-8(5-12)7-13/h1-2,8,13H,3-7H2. The Hall–Kier alpha value is -0.0900. The van der Waals surface area contributed by atoms with Crippen LogP contribution in [-0.2, 0) is 6.54 Å². The van der Waals surface area contributed by atoms with E-state index < -0.39 is 0 Å². The van der Waals surface area contributed by atoms with Crippen LogP contribution >= 0.6 is 22.9 Å². The second-order valence-electron chi connectivity index (χ2n) is 3.78. The lowest BCUT2D eigenvalue weighted by molar-refractivity contribution is 0.220. The first kappa shape index (κ1) is 10.4. The molecule has 0 spiro atoms. The third-order valence-electron chi connectivity index (χ3n) is 2.64. The minimum absolute atomic E-state index is 0.321. The molecular formula is C10H14ClNOS. The molecular weight excluding hydrogens is 218 g/mol. The maximum absolute atomic E-state index is 9.01. The topological polar surface area (TPSA) is 23.5 Å². The van der Waals surface area contributed by atoms with Gasteiger partial charge in [0.1, 0.15) is 0 Å². The number of nitrogens with zero attached hydrogens (tertiary/aromatic N) is 1. The first-order valence-electron chi connectivity index (χ1n) is 4.85. The molecule has 1 fully saturated rings. The lowest BCUT2D eigenvalue weighted by Gasteiger charge is -2.13. The number of likely N-dealkylation sites (tertiary alicyclic amines) is 1. The van der Waals surface area contributed by atoms with Crippen molar-refractivity contribution in [3.8, 4) is 0 Å². The smallest absolute Gasteiger partial charge is 0.0931 e. The minimum atomic E-state index is 0.321. The largest absolute Gasteiger partial charge is 0.396 e. The maximum Gasteiger partial charge on any atom is 0.0931 e. The van der Waals surface area contributed by atoms with Gasteiger partial charge >= 0.3 is 0 Å². The zero-order valence-electron chi connectivity index (χ0n) is 7.95. The Morgan fingerprint density at radius 2 is 2.43 bits per heavy atom. The molecule has 4 heteroatoms. The van der Waals surface area contributed by atoms with E-state index in [1.54, 1.807) is 11.3 Å². The van der Waals surface area contributed by atoms with Crippen molar-refractivity contribution in [2.45, 2.75) is 13.0 Å². The molecule has 0 saturated carbocycles. The van der Waals surface area contributed by atoms with Crippen molar-refractivity contribution >= 4 is 22.9 Å². The van der Waals surface area contributed by atoms with E-state index in [1.165, 1.54) is 4.88 Å². The SMILES string of the molecule is OCC1CCN(Cc2ccc(Cl)s2)C1. The quantitative estimate of drug-likeness (QED) is 0.863. The summed E-state index contributed by atoms with van der Waals surface area (Å²) in [6, 6.07) is 4.03. The van der Waals surface area contributed by atoms with E-state index in [0.29, 0.717) is 12.5 Å². The van der Waals surface area contributed by atoms with Gasteiger partial charge in [-0.15, -0.1) is 11.3 Å². The molecule has 1 N–H and O–H groups in total. The van der Waals surface area contributed by atoms with Gasteiger partial charge in [0.15, 0.2) is 0 Å². The van der Waals surface area contributed by atoms with E-state index >= 15 is 0 Å². The second-order valence-corrected chi connectivity index (χ2v) is 5.58. The van der Waals surface area contributed by atoms with Gasteiger partial charge < -0.3 is 5.11 Å². The van der Waals surface area contributed by atoms with Crippen molar-refractivity contribution in [2.75, 3.05) is 19.7 Å². The fourth-order valence-electron chi connectivity index (χ4n) is 1.86. The van der Waals surface area contributed by atoms with Crippen LogP contribution in [0.2, 0.25) is 4.34 Å². The number of hydrogen-bond acceptors (Lipinski definition) is 3. The summed E-state index contributed by atoms with van der Waals surface area (Å²) in [6.45, 7) is 3.42. The first-order chi connectivity index (χ1) is 6.78. The zero-order valence-corrected chi connectivity index (χ0v) is 9.52. The number of thiophene rings is 1.